The number of allylic oxidation sites excluding steroid dienone is 5. The molecule has 0 unspecified atom stereocenters. The number of rotatable bonds is 5. The van der Waals surface area contributed by atoms with Gasteiger partial charge in [-0.1, -0.05) is 36.4 Å². The molecule has 0 saturated heterocycles. The van der Waals surface area contributed by atoms with Crippen molar-refractivity contribution in [2.45, 2.75) is 13.8 Å². The average molecular weight is 343 g/mol. The van der Waals surface area contributed by atoms with Crippen LogP contribution in [0.4, 0.5) is 17.2 Å². The first-order chi connectivity index (χ1) is 12.6. The van der Waals surface area contributed by atoms with Crippen LogP contribution in [0.15, 0.2) is 73.4 Å². The Labute approximate surface area is 153 Å². The van der Waals surface area contributed by atoms with Gasteiger partial charge >= 0.3 is 0 Å². The summed E-state index contributed by atoms with van der Waals surface area (Å²) in [6.45, 7) is 7.77. The summed E-state index contributed by atoms with van der Waals surface area (Å²) < 4.78 is 0. The molecule has 0 atom stereocenters. The molecule has 0 bridgehead atoms. The molecule has 5 nitrogen and oxygen atoms in total. The van der Waals surface area contributed by atoms with Crippen LogP contribution in [0.25, 0.3) is 16.3 Å². The third-order valence-corrected chi connectivity index (χ3v) is 3.92. The molecule has 5 heteroatoms. The fraction of sp³-hybridized carbons (Fsp3) is 0.0952. The summed E-state index contributed by atoms with van der Waals surface area (Å²) in [6.07, 6.45) is 11.0. The van der Waals surface area contributed by atoms with Crippen LogP contribution >= 0.6 is 0 Å². The summed E-state index contributed by atoms with van der Waals surface area (Å²) in [6, 6.07) is 8.01. The first kappa shape index (κ1) is 17.4. The van der Waals surface area contributed by atoms with E-state index in [1.54, 1.807) is 6.20 Å². The van der Waals surface area contributed by atoms with E-state index in [2.05, 4.69) is 26.8 Å². The molecule has 2 aromatic heterocycles. The lowest BCUT2D eigenvalue weighted by atomic mass is 10.1. The average Bonchev–Trinajstić information content (AvgIpc) is 2.64. The van der Waals surface area contributed by atoms with E-state index >= 15 is 0 Å². The number of nitrogens with two attached hydrogens (primary N) is 1. The van der Waals surface area contributed by atoms with Gasteiger partial charge in [0.15, 0.2) is 5.82 Å². The number of fused-ring (bicyclic) bond motifs is 1. The summed E-state index contributed by atoms with van der Waals surface area (Å²) in [7, 11) is 0. The van der Waals surface area contributed by atoms with Crippen molar-refractivity contribution in [2.24, 2.45) is 0 Å². The highest BCUT2D eigenvalue weighted by atomic mass is 15.0. The van der Waals surface area contributed by atoms with Crippen molar-refractivity contribution in [1.82, 2.24) is 15.0 Å². The molecular weight excluding hydrogens is 322 g/mol. The van der Waals surface area contributed by atoms with E-state index in [0.29, 0.717) is 17.2 Å². The number of nitrogen functional groups attached to an aromatic ring is 1. The Kier molecular flexibility index (Phi) is 5.08. The normalized spacial score (nSPS) is 11.8. The maximum atomic E-state index is 6.33. The molecule has 26 heavy (non-hydrogen) atoms. The summed E-state index contributed by atoms with van der Waals surface area (Å²) in [4.78, 5) is 12.8. The van der Waals surface area contributed by atoms with Gasteiger partial charge in [-0.2, -0.15) is 0 Å². The van der Waals surface area contributed by atoms with Crippen molar-refractivity contribution in [3.63, 3.8) is 0 Å². The minimum Gasteiger partial charge on any atom is -0.394 e. The van der Waals surface area contributed by atoms with Crippen molar-refractivity contribution >= 4 is 33.5 Å². The molecule has 0 fully saturated rings. The largest absolute Gasteiger partial charge is 0.394 e. The van der Waals surface area contributed by atoms with Crippen LogP contribution in [0.5, 0.6) is 0 Å². The van der Waals surface area contributed by atoms with Crippen LogP contribution < -0.4 is 11.1 Å². The van der Waals surface area contributed by atoms with Crippen LogP contribution in [-0.4, -0.2) is 15.0 Å². The maximum absolute atomic E-state index is 6.33. The number of benzene rings is 1. The Morgan fingerprint density at radius 3 is 2.77 bits per heavy atom. The van der Waals surface area contributed by atoms with Crippen LogP contribution in [-0.2, 0) is 0 Å². The summed E-state index contributed by atoms with van der Waals surface area (Å²) in [5, 5.41) is 5.45. The van der Waals surface area contributed by atoms with Crippen LogP contribution in [0.2, 0.25) is 0 Å². The second kappa shape index (κ2) is 7.61. The number of aromatic nitrogens is 3. The van der Waals surface area contributed by atoms with Gasteiger partial charge in [-0.25, -0.2) is 9.97 Å². The quantitative estimate of drug-likeness (QED) is 0.645. The second-order valence-electron chi connectivity index (χ2n) is 5.97. The molecule has 0 amide bonds. The van der Waals surface area contributed by atoms with Gasteiger partial charge in [-0.3, -0.25) is 4.98 Å². The van der Waals surface area contributed by atoms with E-state index < -0.39 is 0 Å². The molecule has 3 rings (SSSR count). The van der Waals surface area contributed by atoms with Gasteiger partial charge in [0.05, 0.1) is 5.69 Å². The highest BCUT2D eigenvalue weighted by Crippen LogP contribution is 2.29. The Bertz CT molecular complexity index is 1020. The number of nitrogens with one attached hydrogen (secondary N) is 1. The summed E-state index contributed by atoms with van der Waals surface area (Å²) >= 11 is 0. The molecule has 0 saturated carbocycles. The predicted molar refractivity (Wildman–Crippen MR) is 109 cm³/mol. The number of hydrogen-bond acceptors (Lipinski definition) is 5. The Morgan fingerprint density at radius 1 is 1.15 bits per heavy atom. The van der Waals surface area contributed by atoms with Crippen molar-refractivity contribution in [2.75, 3.05) is 11.1 Å². The van der Waals surface area contributed by atoms with Gasteiger partial charge in [-0.15, -0.1) is 0 Å². The first-order valence-electron chi connectivity index (χ1n) is 8.30. The van der Waals surface area contributed by atoms with Gasteiger partial charge < -0.3 is 11.1 Å². The van der Waals surface area contributed by atoms with Gasteiger partial charge in [0, 0.05) is 23.5 Å². The number of hydrogen-bond donors (Lipinski definition) is 2. The minimum atomic E-state index is 0.498. The molecule has 1 aromatic carbocycles. The third-order valence-electron chi connectivity index (χ3n) is 3.92. The van der Waals surface area contributed by atoms with Gasteiger partial charge in [0.1, 0.15) is 12.0 Å². The lowest BCUT2D eigenvalue weighted by Crippen LogP contribution is -2.04. The molecular formula is C21H21N5. The second-order valence-corrected chi connectivity index (χ2v) is 5.97. The SMILES string of the molecule is C=C(C)C=CC(=CC)c1ncnc(Nc2ccc3ccncc3c2)c1N. The van der Waals surface area contributed by atoms with Crippen molar-refractivity contribution in [3.8, 4) is 0 Å². The van der Waals surface area contributed by atoms with Gasteiger partial charge in [0.2, 0.25) is 0 Å². The first-order valence-corrected chi connectivity index (χ1v) is 8.30. The topological polar surface area (TPSA) is 76.7 Å². The fourth-order valence-electron chi connectivity index (χ4n) is 2.57. The maximum Gasteiger partial charge on any atom is 0.157 e. The zero-order chi connectivity index (χ0) is 18.5. The standard InChI is InChI=1S/C21H21N5/c1-4-15(6-5-14(2)3)20-19(22)21(25-13-24-20)26-18-8-7-16-9-10-23-12-17(16)11-18/h4-13H,2,22H2,1,3H3,(H,24,25,26). The van der Waals surface area contributed by atoms with Crippen LogP contribution in [0.1, 0.15) is 19.5 Å². The lowest BCUT2D eigenvalue weighted by molar-refractivity contribution is 1.15. The van der Waals surface area contributed by atoms with E-state index in [-0.39, 0.29) is 0 Å². The van der Waals surface area contributed by atoms with Crippen LogP contribution in [0, 0.1) is 0 Å². The molecule has 2 heterocycles. The summed E-state index contributed by atoms with van der Waals surface area (Å²) in [5.41, 5.74) is 10.3. The molecule has 0 spiro atoms. The molecule has 0 aliphatic heterocycles. The van der Waals surface area contributed by atoms with E-state index in [0.717, 1.165) is 27.6 Å². The molecule has 130 valence electrons. The molecule has 0 aliphatic carbocycles. The number of nitrogens with zero attached hydrogens (tertiary/aromatic N) is 3. The zero-order valence-corrected chi connectivity index (χ0v) is 14.9. The Hall–Kier alpha value is -3.47. The Morgan fingerprint density at radius 2 is 2.00 bits per heavy atom. The predicted octanol–water partition coefficient (Wildman–Crippen LogP) is 4.89. The third kappa shape index (κ3) is 3.78. The minimum absolute atomic E-state index is 0.498. The van der Waals surface area contributed by atoms with Crippen molar-refractivity contribution in [1.29, 1.82) is 0 Å². The van der Waals surface area contributed by atoms with E-state index in [9.17, 15) is 0 Å². The Balaban J connectivity index is 1.94. The summed E-state index contributed by atoms with van der Waals surface area (Å²) in [5.74, 6) is 0.571. The fourth-order valence-corrected chi connectivity index (χ4v) is 2.57. The van der Waals surface area contributed by atoms with Crippen molar-refractivity contribution in [3.05, 3.63) is 79.1 Å². The van der Waals surface area contributed by atoms with E-state index in [4.69, 9.17) is 5.73 Å². The highest BCUT2D eigenvalue weighted by molar-refractivity contribution is 5.88. The molecule has 3 N–H and O–H groups in total. The van der Waals surface area contributed by atoms with E-state index in [1.807, 2.05) is 62.5 Å². The molecule has 0 aliphatic rings. The zero-order valence-electron chi connectivity index (χ0n) is 14.9. The smallest absolute Gasteiger partial charge is 0.157 e. The van der Waals surface area contributed by atoms with Gasteiger partial charge in [0.25, 0.3) is 0 Å². The molecule has 3 aromatic rings. The number of anilines is 3. The monoisotopic (exact) mass is 343 g/mol. The van der Waals surface area contributed by atoms with Crippen LogP contribution in [0.3, 0.4) is 0 Å². The lowest BCUT2D eigenvalue weighted by Gasteiger charge is -2.12. The highest BCUT2D eigenvalue weighted by Gasteiger charge is 2.11. The van der Waals surface area contributed by atoms with Gasteiger partial charge in [-0.05, 0) is 43.0 Å². The molecule has 0 radical (unpaired) electrons. The van der Waals surface area contributed by atoms with E-state index in [1.165, 1.54) is 6.33 Å². The van der Waals surface area contributed by atoms with Crippen molar-refractivity contribution < 1.29 is 0 Å². The number of pyridine rings is 1.